The zero-order valence-corrected chi connectivity index (χ0v) is 8.28. The maximum Gasteiger partial charge on any atom is 0.513 e. The number of hydrogen-bond donors (Lipinski definition) is 1. The second-order valence-electron chi connectivity index (χ2n) is 2.53. The SMILES string of the molecule is CCC=C(CCC(=O)O)OC(=O)OC. The molecule has 0 atom stereocenters. The van der Waals surface area contributed by atoms with Crippen LogP contribution in [0.1, 0.15) is 26.2 Å². The van der Waals surface area contributed by atoms with E-state index >= 15 is 0 Å². The van der Waals surface area contributed by atoms with Gasteiger partial charge in [0.25, 0.3) is 0 Å². The van der Waals surface area contributed by atoms with Gasteiger partial charge in [-0.1, -0.05) is 6.92 Å². The summed E-state index contributed by atoms with van der Waals surface area (Å²) in [5.41, 5.74) is 0. The molecule has 0 saturated carbocycles. The summed E-state index contributed by atoms with van der Waals surface area (Å²) in [6.45, 7) is 1.86. The van der Waals surface area contributed by atoms with Gasteiger partial charge >= 0.3 is 12.1 Å². The van der Waals surface area contributed by atoms with Gasteiger partial charge < -0.3 is 14.6 Å². The predicted octanol–water partition coefficient (Wildman–Crippen LogP) is 1.93. The molecular formula is C9H14O5. The van der Waals surface area contributed by atoms with Crippen molar-refractivity contribution in [3.05, 3.63) is 11.8 Å². The van der Waals surface area contributed by atoms with Crippen LogP contribution in [0.3, 0.4) is 0 Å². The van der Waals surface area contributed by atoms with Crippen molar-refractivity contribution in [2.24, 2.45) is 0 Å². The predicted molar refractivity (Wildman–Crippen MR) is 48.7 cm³/mol. The fourth-order valence-electron chi connectivity index (χ4n) is 0.801. The first-order valence-electron chi connectivity index (χ1n) is 4.26. The number of aliphatic carboxylic acids is 1. The first-order chi connectivity index (χ1) is 6.60. The molecule has 0 aromatic rings. The molecule has 0 radical (unpaired) electrons. The molecule has 0 spiro atoms. The van der Waals surface area contributed by atoms with Gasteiger partial charge in [-0.05, 0) is 12.5 Å². The molecular weight excluding hydrogens is 188 g/mol. The molecule has 0 aromatic carbocycles. The number of ether oxygens (including phenoxy) is 2. The van der Waals surface area contributed by atoms with Crippen LogP contribution >= 0.6 is 0 Å². The van der Waals surface area contributed by atoms with E-state index in [1.807, 2.05) is 6.92 Å². The minimum absolute atomic E-state index is 0.0666. The van der Waals surface area contributed by atoms with E-state index in [1.54, 1.807) is 6.08 Å². The van der Waals surface area contributed by atoms with Crippen LogP contribution in [0.4, 0.5) is 4.79 Å². The molecule has 0 heterocycles. The van der Waals surface area contributed by atoms with Crippen molar-refractivity contribution < 1.29 is 24.2 Å². The molecule has 0 saturated heterocycles. The Kier molecular flexibility index (Phi) is 6.19. The standard InChI is InChI=1S/C9H14O5/c1-3-4-7(5-6-8(10)11)14-9(12)13-2/h4H,3,5-6H2,1-2H3,(H,10,11). The van der Waals surface area contributed by atoms with Crippen LogP contribution in [0.25, 0.3) is 0 Å². The Morgan fingerprint density at radius 1 is 1.36 bits per heavy atom. The third-order valence-electron chi connectivity index (χ3n) is 1.40. The smallest absolute Gasteiger partial charge is 0.481 e. The topological polar surface area (TPSA) is 72.8 Å². The summed E-state index contributed by atoms with van der Waals surface area (Å²) in [7, 11) is 1.20. The minimum Gasteiger partial charge on any atom is -0.481 e. The van der Waals surface area contributed by atoms with Gasteiger partial charge in [0.05, 0.1) is 13.5 Å². The van der Waals surface area contributed by atoms with Crippen LogP contribution < -0.4 is 0 Å². The average molecular weight is 202 g/mol. The average Bonchev–Trinajstić information content (AvgIpc) is 2.14. The zero-order chi connectivity index (χ0) is 11.0. The molecule has 0 rings (SSSR count). The Hall–Kier alpha value is -1.52. The number of carboxylic acids is 1. The third-order valence-corrected chi connectivity index (χ3v) is 1.40. The Morgan fingerprint density at radius 3 is 2.43 bits per heavy atom. The van der Waals surface area contributed by atoms with Gasteiger partial charge in [-0.25, -0.2) is 4.79 Å². The maximum absolute atomic E-state index is 10.7. The summed E-state index contributed by atoms with van der Waals surface area (Å²) in [5.74, 6) is -0.595. The van der Waals surface area contributed by atoms with E-state index < -0.39 is 12.1 Å². The van der Waals surface area contributed by atoms with Crippen molar-refractivity contribution in [3.8, 4) is 0 Å². The third kappa shape index (κ3) is 6.05. The summed E-state index contributed by atoms with van der Waals surface area (Å²) >= 11 is 0. The van der Waals surface area contributed by atoms with Crippen molar-refractivity contribution in [2.75, 3.05) is 7.11 Å². The largest absolute Gasteiger partial charge is 0.513 e. The highest BCUT2D eigenvalue weighted by atomic mass is 16.7. The molecule has 0 aliphatic heterocycles. The molecule has 5 nitrogen and oxygen atoms in total. The minimum atomic E-state index is -0.930. The van der Waals surface area contributed by atoms with E-state index in [2.05, 4.69) is 4.74 Å². The van der Waals surface area contributed by atoms with Gasteiger partial charge in [0, 0.05) is 6.42 Å². The number of methoxy groups -OCH3 is 1. The number of carbonyl (C=O) groups is 2. The van der Waals surface area contributed by atoms with E-state index in [9.17, 15) is 9.59 Å². The van der Waals surface area contributed by atoms with Crippen molar-refractivity contribution in [3.63, 3.8) is 0 Å². The highest BCUT2D eigenvalue weighted by Crippen LogP contribution is 2.09. The fraction of sp³-hybridized carbons (Fsp3) is 0.556. The highest BCUT2D eigenvalue weighted by molar-refractivity contribution is 5.67. The van der Waals surface area contributed by atoms with Gasteiger partial charge in [-0.3, -0.25) is 4.79 Å². The summed E-state index contributed by atoms with van der Waals surface area (Å²) in [6.07, 6.45) is 1.63. The Morgan fingerprint density at radius 2 is 2.00 bits per heavy atom. The zero-order valence-electron chi connectivity index (χ0n) is 8.28. The van der Waals surface area contributed by atoms with Crippen LogP contribution in [0.15, 0.2) is 11.8 Å². The summed E-state index contributed by atoms with van der Waals surface area (Å²) in [6, 6.07) is 0. The Labute approximate surface area is 82.3 Å². The van der Waals surface area contributed by atoms with Crippen molar-refractivity contribution >= 4 is 12.1 Å². The van der Waals surface area contributed by atoms with E-state index in [1.165, 1.54) is 7.11 Å². The normalized spacial score (nSPS) is 10.9. The maximum atomic E-state index is 10.7. The van der Waals surface area contributed by atoms with E-state index in [0.717, 1.165) is 0 Å². The number of rotatable bonds is 5. The number of hydrogen-bond acceptors (Lipinski definition) is 4. The van der Waals surface area contributed by atoms with Crippen LogP contribution in [-0.4, -0.2) is 24.3 Å². The first kappa shape index (κ1) is 12.5. The van der Waals surface area contributed by atoms with E-state index in [4.69, 9.17) is 9.84 Å². The van der Waals surface area contributed by atoms with Crippen LogP contribution in [0.5, 0.6) is 0 Å². The molecule has 1 N–H and O–H groups in total. The lowest BCUT2D eigenvalue weighted by molar-refractivity contribution is -0.137. The van der Waals surface area contributed by atoms with Crippen LogP contribution in [-0.2, 0) is 14.3 Å². The molecule has 80 valence electrons. The van der Waals surface area contributed by atoms with Crippen molar-refractivity contribution in [1.29, 1.82) is 0 Å². The van der Waals surface area contributed by atoms with Gasteiger partial charge in [0.1, 0.15) is 5.76 Å². The Balaban J connectivity index is 4.09. The second-order valence-corrected chi connectivity index (χ2v) is 2.53. The monoisotopic (exact) mass is 202 g/mol. The lowest BCUT2D eigenvalue weighted by Gasteiger charge is -2.05. The highest BCUT2D eigenvalue weighted by Gasteiger charge is 2.08. The fourth-order valence-corrected chi connectivity index (χ4v) is 0.801. The molecule has 0 fully saturated rings. The van der Waals surface area contributed by atoms with Gasteiger partial charge in [-0.2, -0.15) is 0 Å². The molecule has 14 heavy (non-hydrogen) atoms. The summed E-state index contributed by atoms with van der Waals surface area (Å²) < 4.78 is 9.01. The molecule has 5 heteroatoms. The summed E-state index contributed by atoms with van der Waals surface area (Å²) in [5, 5.41) is 8.42. The molecule has 0 bridgehead atoms. The lowest BCUT2D eigenvalue weighted by Crippen LogP contribution is -2.06. The van der Waals surface area contributed by atoms with Crippen molar-refractivity contribution in [1.82, 2.24) is 0 Å². The quantitative estimate of drug-likeness (QED) is 0.544. The number of carbonyl (C=O) groups excluding carboxylic acids is 1. The van der Waals surface area contributed by atoms with Gasteiger partial charge in [0.15, 0.2) is 0 Å². The van der Waals surface area contributed by atoms with Gasteiger partial charge in [0.2, 0.25) is 0 Å². The van der Waals surface area contributed by atoms with E-state index in [0.29, 0.717) is 12.2 Å². The van der Waals surface area contributed by atoms with Gasteiger partial charge in [-0.15, -0.1) is 0 Å². The number of allylic oxidation sites excluding steroid dienone is 2. The molecule has 0 aliphatic rings. The van der Waals surface area contributed by atoms with Crippen LogP contribution in [0.2, 0.25) is 0 Å². The van der Waals surface area contributed by atoms with Crippen LogP contribution in [0, 0.1) is 0 Å². The van der Waals surface area contributed by atoms with E-state index in [-0.39, 0.29) is 12.8 Å². The second kappa shape index (κ2) is 6.94. The molecule has 0 aliphatic carbocycles. The number of carboxylic acid groups (broad SMARTS) is 1. The van der Waals surface area contributed by atoms with Crippen molar-refractivity contribution in [2.45, 2.75) is 26.2 Å². The first-order valence-corrected chi connectivity index (χ1v) is 4.26. The lowest BCUT2D eigenvalue weighted by atomic mass is 10.2. The molecule has 0 unspecified atom stereocenters. The molecule has 0 aromatic heterocycles. The Bertz CT molecular complexity index is 231. The molecule has 0 amide bonds. The summed E-state index contributed by atoms with van der Waals surface area (Å²) in [4.78, 5) is 21.0.